The normalized spacial score (nSPS) is 25.2. The van der Waals surface area contributed by atoms with Crippen LogP contribution < -0.4 is 0 Å². The van der Waals surface area contributed by atoms with Gasteiger partial charge in [0.05, 0.1) is 6.04 Å². The molecule has 0 aliphatic carbocycles. The van der Waals surface area contributed by atoms with E-state index in [4.69, 9.17) is 0 Å². The van der Waals surface area contributed by atoms with E-state index in [1.807, 2.05) is 0 Å². The van der Waals surface area contributed by atoms with Gasteiger partial charge in [-0.1, -0.05) is 6.92 Å². The summed E-state index contributed by atoms with van der Waals surface area (Å²) in [6.07, 6.45) is 0.233. The molecule has 0 saturated carbocycles. The summed E-state index contributed by atoms with van der Waals surface area (Å²) >= 11 is 0. The van der Waals surface area contributed by atoms with E-state index >= 15 is 0 Å². The van der Waals surface area contributed by atoms with E-state index in [1.54, 1.807) is 13.8 Å². The van der Waals surface area contributed by atoms with Gasteiger partial charge in [0.1, 0.15) is 0 Å². The highest BCUT2D eigenvalue weighted by Gasteiger charge is 2.39. The van der Waals surface area contributed by atoms with Crippen molar-refractivity contribution in [3.63, 3.8) is 0 Å². The summed E-state index contributed by atoms with van der Waals surface area (Å²) in [5.41, 5.74) is 0. The molecule has 2 amide bonds. The van der Waals surface area contributed by atoms with Crippen molar-refractivity contribution in [3.05, 3.63) is 0 Å². The van der Waals surface area contributed by atoms with Gasteiger partial charge in [-0.3, -0.25) is 19.3 Å². The fourth-order valence-electron chi connectivity index (χ4n) is 1.40. The first kappa shape index (κ1) is 9.89. The van der Waals surface area contributed by atoms with Crippen LogP contribution in [0.1, 0.15) is 27.2 Å². The number of hydrogen-bond acceptors (Lipinski definition) is 3. The molecule has 0 aromatic carbocycles. The lowest BCUT2D eigenvalue weighted by Gasteiger charge is -2.19. The van der Waals surface area contributed by atoms with Crippen LogP contribution in [0.4, 0.5) is 0 Å². The van der Waals surface area contributed by atoms with Crippen molar-refractivity contribution in [2.24, 2.45) is 5.92 Å². The average molecular weight is 183 g/mol. The van der Waals surface area contributed by atoms with Gasteiger partial charge in [-0.25, -0.2) is 0 Å². The standard InChI is InChI=1S/C9H13NO3/c1-5-4-8(12)10(9(5)13)6(2)7(3)11/h5-6H,4H2,1-3H3/t5?,6-/m0/s1. The van der Waals surface area contributed by atoms with Gasteiger partial charge in [0.2, 0.25) is 11.8 Å². The topological polar surface area (TPSA) is 54.5 Å². The SMILES string of the molecule is CC(=O)[C@H](C)N1C(=O)CC(C)C1=O. The zero-order chi connectivity index (χ0) is 10.2. The minimum Gasteiger partial charge on any atom is -0.298 e. The second kappa shape index (κ2) is 3.28. The molecule has 0 bridgehead atoms. The first-order valence-electron chi connectivity index (χ1n) is 4.31. The number of carbonyl (C=O) groups is 3. The van der Waals surface area contributed by atoms with Gasteiger partial charge in [0, 0.05) is 12.3 Å². The lowest BCUT2D eigenvalue weighted by molar-refractivity contribution is -0.145. The van der Waals surface area contributed by atoms with Crippen LogP contribution in [0.5, 0.6) is 0 Å². The van der Waals surface area contributed by atoms with Gasteiger partial charge >= 0.3 is 0 Å². The minimum atomic E-state index is -0.607. The molecular weight excluding hydrogens is 170 g/mol. The maximum atomic E-state index is 11.4. The molecular formula is C9H13NO3. The van der Waals surface area contributed by atoms with E-state index < -0.39 is 6.04 Å². The number of hydrogen-bond donors (Lipinski definition) is 0. The van der Waals surface area contributed by atoms with Crippen molar-refractivity contribution in [1.29, 1.82) is 0 Å². The largest absolute Gasteiger partial charge is 0.298 e. The highest BCUT2D eigenvalue weighted by Crippen LogP contribution is 2.21. The predicted octanol–water partition coefficient (Wildman–Crippen LogP) is 0.359. The molecule has 1 saturated heterocycles. The van der Waals surface area contributed by atoms with Crippen molar-refractivity contribution in [3.8, 4) is 0 Å². The first-order chi connectivity index (χ1) is 5.95. The smallest absolute Gasteiger partial charge is 0.233 e. The van der Waals surface area contributed by atoms with Crippen LogP contribution in [0.2, 0.25) is 0 Å². The highest BCUT2D eigenvalue weighted by molar-refractivity contribution is 6.06. The number of ketones is 1. The predicted molar refractivity (Wildman–Crippen MR) is 45.8 cm³/mol. The van der Waals surface area contributed by atoms with E-state index in [9.17, 15) is 14.4 Å². The van der Waals surface area contributed by atoms with Crippen LogP contribution in [-0.2, 0) is 14.4 Å². The molecule has 2 atom stereocenters. The number of Topliss-reactive ketones (excluding diaryl/α,β-unsaturated/α-hetero) is 1. The number of nitrogens with zero attached hydrogens (tertiary/aromatic N) is 1. The van der Waals surface area contributed by atoms with Gasteiger partial charge in [0.25, 0.3) is 0 Å². The number of carbonyl (C=O) groups excluding carboxylic acids is 3. The van der Waals surface area contributed by atoms with Crippen molar-refractivity contribution in [2.75, 3.05) is 0 Å². The van der Waals surface area contributed by atoms with Crippen molar-refractivity contribution in [2.45, 2.75) is 33.2 Å². The van der Waals surface area contributed by atoms with Gasteiger partial charge in [0.15, 0.2) is 5.78 Å². The summed E-state index contributed by atoms with van der Waals surface area (Å²) in [5.74, 6) is -0.891. The Hall–Kier alpha value is -1.19. The molecule has 1 rings (SSSR count). The lowest BCUT2D eigenvalue weighted by atomic mass is 10.1. The van der Waals surface area contributed by atoms with Crippen LogP contribution >= 0.6 is 0 Å². The third-order valence-electron chi connectivity index (χ3n) is 2.38. The Morgan fingerprint density at radius 1 is 1.54 bits per heavy atom. The number of imide groups is 1. The summed E-state index contributed by atoms with van der Waals surface area (Å²) in [4.78, 5) is 34.8. The third-order valence-corrected chi connectivity index (χ3v) is 2.38. The molecule has 1 heterocycles. The quantitative estimate of drug-likeness (QED) is 0.581. The van der Waals surface area contributed by atoms with Gasteiger partial charge in [-0.2, -0.15) is 0 Å². The zero-order valence-electron chi connectivity index (χ0n) is 8.03. The Kier molecular flexibility index (Phi) is 2.50. The zero-order valence-corrected chi connectivity index (χ0v) is 8.03. The molecule has 0 spiro atoms. The number of amides is 2. The summed E-state index contributed by atoms with van der Waals surface area (Å²) < 4.78 is 0. The molecule has 4 nitrogen and oxygen atoms in total. The second-order valence-electron chi connectivity index (χ2n) is 3.49. The van der Waals surface area contributed by atoms with Crippen molar-refractivity contribution >= 4 is 17.6 Å². The Morgan fingerprint density at radius 2 is 2.08 bits per heavy atom. The summed E-state index contributed by atoms with van der Waals surface area (Å²) in [5, 5.41) is 0. The summed E-state index contributed by atoms with van der Waals surface area (Å²) in [6.45, 7) is 4.66. The van der Waals surface area contributed by atoms with Crippen LogP contribution in [0.25, 0.3) is 0 Å². The van der Waals surface area contributed by atoms with Crippen molar-refractivity contribution in [1.82, 2.24) is 4.90 Å². The number of rotatable bonds is 2. The highest BCUT2D eigenvalue weighted by atomic mass is 16.2. The first-order valence-corrected chi connectivity index (χ1v) is 4.31. The fraction of sp³-hybridized carbons (Fsp3) is 0.667. The maximum Gasteiger partial charge on any atom is 0.233 e. The minimum absolute atomic E-state index is 0.157. The molecule has 0 aromatic heterocycles. The Labute approximate surface area is 76.9 Å². The molecule has 1 aliphatic rings. The molecule has 4 heteroatoms. The van der Waals surface area contributed by atoms with Crippen molar-refractivity contribution < 1.29 is 14.4 Å². The molecule has 0 radical (unpaired) electrons. The number of likely N-dealkylation sites (tertiary alicyclic amines) is 1. The Bertz CT molecular complexity index is 272. The van der Waals surface area contributed by atoms with Gasteiger partial charge in [-0.05, 0) is 13.8 Å². The van der Waals surface area contributed by atoms with Crippen LogP contribution in [0.3, 0.4) is 0 Å². The summed E-state index contributed by atoms with van der Waals surface area (Å²) in [6, 6.07) is -0.607. The average Bonchev–Trinajstić information content (AvgIpc) is 2.26. The van der Waals surface area contributed by atoms with Crippen LogP contribution in [0.15, 0.2) is 0 Å². The molecule has 0 aromatic rings. The Morgan fingerprint density at radius 3 is 2.38 bits per heavy atom. The van der Waals surface area contributed by atoms with Gasteiger partial charge < -0.3 is 0 Å². The molecule has 72 valence electrons. The van der Waals surface area contributed by atoms with E-state index in [-0.39, 0.29) is 29.9 Å². The summed E-state index contributed by atoms with van der Waals surface area (Å²) in [7, 11) is 0. The fourth-order valence-corrected chi connectivity index (χ4v) is 1.40. The second-order valence-corrected chi connectivity index (χ2v) is 3.49. The monoisotopic (exact) mass is 183 g/mol. The lowest BCUT2D eigenvalue weighted by Crippen LogP contribution is -2.42. The van der Waals surface area contributed by atoms with Crippen LogP contribution in [0, 0.1) is 5.92 Å². The molecule has 0 N–H and O–H groups in total. The van der Waals surface area contributed by atoms with E-state index in [0.29, 0.717) is 0 Å². The van der Waals surface area contributed by atoms with Gasteiger partial charge in [-0.15, -0.1) is 0 Å². The van der Waals surface area contributed by atoms with E-state index in [1.165, 1.54) is 6.92 Å². The molecule has 1 fully saturated rings. The Balaban J connectivity index is 2.86. The third kappa shape index (κ3) is 1.61. The molecule has 1 aliphatic heterocycles. The molecule has 1 unspecified atom stereocenters. The maximum absolute atomic E-state index is 11.4. The van der Waals surface area contributed by atoms with E-state index in [2.05, 4.69) is 0 Å². The molecule has 13 heavy (non-hydrogen) atoms. The van der Waals surface area contributed by atoms with E-state index in [0.717, 1.165) is 4.90 Å². The van der Waals surface area contributed by atoms with Crippen LogP contribution in [-0.4, -0.2) is 28.5 Å².